The van der Waals surface area contributed by atoms with Crippen LogP contribution in [0, 0.1) is 0 Å². The van der Waals surface area contributed by atoms with Crippen LogP contribution in [0.1, 0.15) is 43.6 Å². The average molecular weight is 266 g/mol. The van der Waals surface area contributed by atoms with Crippen molar-refractivity contribution >= 4 is 11.6 Å². The maximum absolute atomic E-state index is 6.33. The highest BCUT2D eigenvalue weighted by atomic mass is 35.5. The summed E-state index contributed by atoms with van der Waals surface area (Å²) in [6, 6.07) is 6.35. The molecule has 3 heteroatoms. The number of benzene rings is 1. The summed E-state index contributed by atoms with van der Waals surface area (Å²) < 4.78 is 5.88. The van der Waals surface area contributed by atoms with Gasteiger partial charge in [0, 0.05) is 0 Å². The van der Waals surface area contributed by atoms with Crippen LogP contribution in [-0.4, -0.2) is 19.2 Å². The summed E-state index contributed by atoms with van der Waals surface area (Å²) in [6.45, 7) is 2.23. The van der Waals surface area contributed by atoms with Crippen LogP contribution in [-0.2, 0) is 0 Å². The molecule has 0 spiro atoms. The summed E-state index contributed by atoms with van der Waals surface area (Å²) in [5, 5.41) is 4.17. The van der Waals surface area contributed by atoms with Gasteiger partial charge in [-0.15, -0.1) is 0 Å². The predicted molar refractivity (Wildman–Crippen MR) is 74.6 cm³/mol. The van der Waals surface area contributed by atoms with Crippen molar-refractivity contribution in [3.8, 4) is 5.75 Å². The van der Waals surface area contributed by atoms with Gasteiger partial charge >= 0.3 is 0 Å². The van der Waals surface area contributed by atoms with Crippen molar-refractivity contribution in [2.45, 2.75) is 44.1 Å². The van der Waals surface area contributed by atoms with E-state index in [1.807, 2.05) is 0 Å². The molecule has 1 aliphatic heterocycles. The highest BCUT2D eigenvalue weighted by Gasteiger charge is 2.21. The zero-order valence-corrected chi connectivity index (χ0v) is 11.4. The third kappa shape index (κ3) is 2.65. The van der Waals surface area contributed by atoms with Gasteiger partial charge in [0.15, 0.2) is 0 Å². The molecule has 2 aliphatic rings. The lowest BCUT2D eigenvalue weighted by Crippen LogP contribution is -2.26. The Morgan fingerprint density at radius 3 is 2.50 bits per heavy atom. The van der Waals surface area contributed by atoms with Crippen molar-refractivity contribution in [3.05, 3.63) is 28.8 Å². The van der Waals surface area contributed by atoms with Gasteiger partial charge in [-0.3, -0.25) is 0 Å². The fraction of sp³-hybridized carbons (Fsp3) is 0.600. The Balaban J connectivity index is 1.70. The third-order valence-corrected chi connectivity index (χ3v) is 4.41. The molecule has 1 saturated heterocycles. The first kappa shape index (κ1) is 12.3. The molecule has 0 atom stereocenters. The molecule has 1 N–H and O–H groups in total. The van der Waals surface area contributed by atoms with Gasteiger partial charge in [0.1, 0.15) is 5.75 Å². The second-order valence-electron chi connectivity index (χ2n) is 5.38. The molecule has 2 fully saturated rings. The molecule has 1 aliphatic carbocycles. The normalized spacial score (nSPS) is 21.6. The van der Waals surface area contributed by atoms with Crippen LogP contribution >= 0.6 is 11.6 Å². The quantitative estimate of drug-likeness (QED) is 0.899. The van der Waals surface area contributed by atoms with Crippen LogP contribution in [0.5, 0.6) is 5.75 Å². The van der Waals surface area contributed by atoms with Crippen molar-refractivity contribution < 1.29 is 4.74 Å². The largest absolute Gasteiger partial charge is 0.489 e. The van der Waals surface area contributed by atoms with Crippen molar-refractivity contribution in [2.24, 2.45) is 0 Å². The van der Waals surface area contributed by atoms with E-state index in [9.17, 15) is 0 Å². The Morgan fingerprint density at radius 1 is 1.11 bits per heavy atom. The first-order valence-corrected chi connectivity index (χ1v) is 7.37. The van der Waals surface area contributed by atoms with E-state index >= 15 is 0 Å². The zero-order valence-electron chi connectivity index (χ0n) is 10.6. The predicted octanol–water partition coefficient (Wildman–Crippen LogP) is 3.74. The maximum atomic E-state index is 6.33. The first-order valence-electron chi connectivity index (χ1n) is 7.00. The fourth-order valence-electron chi connectivity index (χ4n) is 2.69. The highest BCUT2D eigenvalue weighted by Crippen LogP contribution is 2.34. The number of rotatable bonds is 3. The SMILES string of the molecule is Clc1cc(C2CCNCC2)ccc1OC1CCC1. The molecular weight excluding hydrogens is 246 g/mol. The van der Waals surface area contributed by atoms with E-state index < -0.39 is 0 Å². The second kappa shape index (κ2) is 5.50. The molecule has 0 aromatic heterocycles. The van der Waals surface area contributed by atoms with Crippen LogP contribution < -0.4 is 10.1 Å². The highest BCUT2D eigenvalue weighted by molar-refractivity contribution is 6.32. The summed E-state index contributed by atoms with van der Waals surface area (Å²) in [5.41, 5.74) is 1.36. The first-order chi connectivity index (χ1) is 8.83. The smallest absolute Gasteiger partial charge is 0.138 e. The van der Waals surface area contributed by atoms with Gasteiger partial charge in [-0.1, -0.05) is 17.7 Å². The summed E-state index contributed by atoms with van der Waals surface area (Å²) in [7, 11) is 0. The van der Waals surface area contributed by atoms with Gasteiger partial charge in [0.25, 0.3) is 0 Å². The van der Waals surface area contributed by atoms with Crippen molar-refractivity contribution in [1.82, 2.24) is 5.32 Å². The molecular formula is C15H20ClNO. The third-order valence-electron chi connectivity index (χ3n) is 4.11. The maximum Gasteiger partial charge on any atom is 0.138 e. The van der Waals surface area contributed by atoms with Gasteiger partial charge in [-0.2, -0.15) is 0 Å². The Labute approximate surface area is 114 Å². The van der Waals surface area contributed by atoms with Crippen molar-refractivity contribution in [2.75, 3.05) is 13.1 Å². The van der Waals surface area contributed by atoms with Crippen LogP contribution in [0.2, 0.25) is 5.02 Å². The van der Waals surface area contributed by atoms with E-state index in [4.69, 9.17) is 16.3 Å². The Morgan fingerprint density at radius 2 is 1.89 bits per heavy atom. The molecule has 1 saturated carbocycles. The second-order valence-corrected chi connectivity index (χ2v) is 5.79. The number of hydrogen-bond donors (Lipinski definition) is 1. The summed E-state index contributed by atoms with van der Waals surface area (Å²) in [4.78, 5) is 0. The fourth-order valence-corrected chi connectivity index (χ4v) is 2.92. The molecule has 0 amide bonds. The minimum atomic E-state index is 0.396. The number of halogens is 1. The molecule has 98 valence electrons. The number of hydrogen-bond acceptors (Lipinski definition) is 2. The van der Waals surface area contributed by atoms with E-state index in [0.29, 0.717) is 12.0 Å². The van der Waals surface area contributed by atoms with E-state index in [2.05, 4.69) is 23.5 Å². The Bertz CT molecular complexity index is 411. The van der Waals surface area contributed by atoms with Gasteiger partial charge in [0.2, 0.25) is 0 Å². The van der Waals surface area contributed by atoms with Gasteiger partial charge < -0.3 is 10.1 Å². The Kier molecular flexibility index (Phi) is 3.76. The molecule has 0 bridgehead atoms. The summed E-state index contributed by atoms with van der Waals surface area (Å²) in [6.07, 6.45) is 6.44. The van der Waals surface area contributed by atoms with E-state index in [1.165, 1.54) is 37.7 Å². The molecule has 3 rings (SSSR count). The van der Waals surface area contributed by atoms with Crippen LogP contribution in [0.15, 0.2) is 18.2 Å². The van der Waals surface area contributed by atoms with Gasteiger partial charge in [-0.25, -0.2) is 0 Å². The van der Waals surface area contributed by atoms with Crippen LogP contribution in [0.4, 0.5) is 0 Å². The van der Waals surface area contributed by atoms with Crippen molar-refractivity contribution in [3.63, 3.8) is 0 Å². The molecule has 0 unspecified atom stereocenters. The average Bonchev–Trinajstić information content (AvgIpc) is 2.36. The van der Waals surface area contributed by atoms with E-state index in [-0.39, 0.29) is 0 Å². The van der Waals surface area contributed by atoms with Gasteiger partial charge in [0.05, 0.1) is 11.1 Å². The molecule has 18 heavy (non-hydrogen) atoms. The standard InChI is InChI=1S/C15H20ClNO/c16-14-10-12(11-6-8-17-9-7-11)4-5-15(14)18-13-2-1-3-13/h4-5,10-11,13,17H,1-3,6-9H2. The minimum Gasteiger partial charge on any atom is -0.489 e. The molecule has 1 heterocycles. The summed E-state index contributed by atoms with van der Waals surface area (Å²) in [5.74, 6) is 1.51. The van der Waals surface area contributed by atoms with Crippen LogP contribution in [0.25, 0.3) is 0 Å². The topological polar surface area (TPSA) is 21.3 Å². The van der Waals surface area contributed by atoms with Crippen molar-refractivity contribution in [1.29, 1.82) is 0 Å². The molecule has 2 nitrogen and oxygen atoms in total. The lowest BCUT2D eigenvalue weighted by Gasteiger charge is -2.27. The Hall–Kier alpha value is -0.730. The minimum absolute atomic E-state index is 0.396. The molecule has 0 radical (unpaired) electrons. The molecule has 1 aromatic carbocycles. The van der Waals surface area contributed by atoms with E-state index in [0.717, 1.165) is 23.9 Å². The lowest BCUT2D eigenvalue weighted by atomic mass is 9.90. The molecule has 1 aromatic rings. The monoisotopic (exact) mass is 265 g/mol. The zero-order chi connectivity index (χ0) is 12.4. The summed E-state index contributed by atoms with van der Waals surface area (Å²) >= 11 is 6.33. The number of ether oxygens (including phenoxy) is 1. The van der Waals surface area contributed by atoms with Gasteiger partial charge in [-0.05, 0) is 68.8 Å². The number of nitrogens with one attached hydrogen (secondary N) is 1. The number of piperidine rings is 1. The van der Waals surface area contributed by atoms with E-state index in [1.54, 1.807) is 0 Å². The lowest BCUT2D eigenvalue weighted by molar-refractivity contribution is 0.120. The van der Waals surface area contributed by atoms with Crippen LogP contribution in [0.3, 0.4) is 0 Å².